The molecule has 1 amide bonds. The van der Waals surface area contributed by atoms with Crippen LogP contribution in [0.3, 0.4) is 0 Å². The summed E-state index contributed by atoms with van der Waals surface area (Å²) >= 11 is 0. The third-order valence-electron chi connectivity index (χ3n) is 4.29. The standard InChI is InChI=1S/C15H30N2O/c1-5-6-13(16)15(18)17-14-9-11(4)7-8-12(14)10(2)3/h10-14H,5-9,16H2,1-4H3,(H,17,18). The second kappa shape index (κ2) is 7.13. The van der Waals surface area contributed by atoms with Gasteiger partial charge in [-0.1, -0.05) is 40.5 Å². The molecule has 0 aliphatic heterocycles. The average Bonchev–Trinajstić information content (AvgIpc) is 2.28. The lowest BCUT2D eigenvalue weighted by Crippen LogP contribution is -2.50. The van der Waals surface area contributed by atoms with Gasteiger partial charge >= 0.3 is 0 Å². The SMILES string of the molecule is CCCC(N)C(=O)NC1CC(C)CCC1C(C)C. The van der Waals surface area contributed by atoms with E-state index in [0.717, 1.165) is 19.3 Å². The zero-order valence-corrected chi connectivity index (χ0v) is 12.4. The van der Waals surface area contributed by atoms with E-state index in [-0.39, 0.29) is 11.9 Å². The van der Waals surface area contributed by atoms with Crippen molar-refractivity contribution in [3.8, 4) is 0 Å². The highest BCUT2D eigenvalue weighted by atomic mass is 16.2. The smallest absolute Gasteiger partial charge is 0.237 e. The Morgan fingerprint density at radius 2 is 2.06 bits per heavy atom. The van der Waals surface area contributed by atoms with E-state index >= 15 is 0 Å². The molecular weight excluding hydrogens is 224 g/mol. The maximum Gasteiger partial charge on any atom is 0.237 e. The first kappa shape index (κ1) is 15.5. The van der Waals surface area contributed by atoms with Crippen LogP contribution >= 0.6 is 0 Å². The Hall–Kier alpha value is -0.570. The second-order valence-corrected chi connectivity index (χ2v) is 6.34. The van der Waals surface area contributed by atoms with Gasteiger partial charge in [0, 0.05) is 6.04 Å². The van der Waals surface area contributed by atoms with Crippen LogP contribution < -0.4 is 11.1 Å². The van der Waals surface area contributed by atoms with E-state index in [1.165, 1.54) is 12.8 Å². The van der Waals surface area contributed by atoms with E-state index in [1.54, 1.807) is 0 Å². The van der Waals surface area contributed by atoms with Gasteiger partial charge in [0.1, 0.15) is 0 Å². The van der Waals surface area contributed by atoms with Crippen LogP contribution in [0.25, 0.3) is 0 Å². The van der Waals surface area contributed by atoms with Gasteiger partial charge in [-0.3, -0.25) is 4.79 Å². The third-order valence-corrected chi connectivity index (χ3v) is 4.29. The average molecular weight is 254 g/mol. The Labute approximate surface area is 112 Å². The number of amides is 1. The van der Waals surface area contributed by atoms with Crippen molar-refractivity contribution < 1.29 is 4.79 Å². The molecule has 4 unspecified atom stereocenters. The van der Waals surface area contributed by atoms with E-state index < -0.39 is 0 Å². The van der Waals surface area contributed by atoms with Crippen LogP contribution in [0, 0.1) is 17.8 Å². The molecule has 106 valence electrons. The maximum absolute atomic E-state index is 12.0. The molecule has 1 saturated carbocycles. The van der Waals surface area contributed by atoms with Crippen LogP contribution in [0.2, 0.25) is 0 Å². The second-order valence-electron chi connectivity index (χ2n) is 6.34. The van der Waals surface area contributed by atoms with Crippen molar-refractivity contribution in [1.29, 1.82) is 0 Å². The number of nitrogens with two attached hydrogens (primary N) is 1. The van der Waals surface area contributed by atoms with Crippen LogP contribution in [0.1, 0.15) is 59.8 Å². The van der Waals surface area contributed by atoms with Crippen LogP contribution in [-0.4, -0.2) is 18.0 Å². The molecule has 18 heavy (non-hydrogen) atoms. The molecule has 0 spiro atoms. The lowest BCUT2D eigenvalue weighted by Gasteiger charge is -2.38. The van der Waals surface area contributed by atoms with E-state index in [4.69, 9.17) is 5.73 Å². The maximum atomic E-state index is 12.0. The summed E-state index contributed by atoms with van der Waals surface area (Å²) in [5, 5.41) is 3.20. The quantitative estimate of drug-likeness (QED) is 0.792. The summed E-state index contributed by atoms with van der Waals surface area (Å²) in [5.41, 5.74) is 5.89. The molecule has 0 radical (unpaired) electrons. The molecule has 1 aliphatic rings. The molecule has 0 aromatic rings. The van der Waals surface area contributed by atoms with Crippen molar-refractivity contribution in [1.82, 2.24) is 5.32 Å². The summed E-state index contributed by atoms with van der Waals surface area (Å²) in [4.78, 5) is 12.0. The molecule has 0 bridgehead atoms. The predicted octanol–water partition coefficient (Wildman–Crippen LogP) is 2.69. The lowest BCUT2D eigenvalue weighted by atomic mass is 9.74. The molecule has 4 atom stereocenters. The van der Waals surface area contributed by atoms with E-state index in [1.807, 2.05) is 0 Å². The predicted molar refractivity (Wildman–Crippen MR) is 76.2 cm³/mol. The minimum Gasteiger partial charge on any atom is -0.352 e. The molecule has 0 aromatic carbocycles. The van der Waals surface area contributed by atoms with Gasteiger partial charge in [-0.15, -0.1) is 0 Å². The number of rotatable bonds is 5. The lowest BCUT2D eigenvalue weighted by molar-refractivity contribution is -0.124. The molecule has 1 aliphatic carbocycles. The number of hydrogen-bond donors (Lipinski definition) is 2. The zero-order chi connectivity index (χ0) is 13.7. The Kier molecular flexibility index (Phi) is 6.13. The Morgan fingerprint density at radius 3 is 2.61 bits per heavy atom. The fourth-order valence-corrected chi connectivity index (χ4v) is 3.10. The summed E-state index contributed by atoms with van der Waals surface area (Å²) in [5.74, 6) is 2.00. The Bertz CT molecular complexity index is 265. The summed E-state index contributed by atoms with van der Waals surface area (Å²) in [7, 11) is 0. The molecule has 1 fully saturated rings. The third kappa shape index (κ3) is 4.27. The van der Waals surface area contributed by atoms with Crippen LogP contribution in [-0.2, 0) is 4.79 Å². The van der Waals surface area contributed by atoms with Crippen LogP contribution in [0.5, 0.6) is 0 Å². The molecule has 0 aromatic heterocycles. The van der Waals surface area contributed by atoms with Crippen LogP contribution in [0.15, 0.2) is 0 Å². The van der Waals surface area contributed by atoms with Gasteiger partial charge < -0.3 is 11.1 Å². The van der Waals surface area contributed by atoms with Crippen molar-refractivity contribution in [2.24, 2.45) is 23.5 Å². The van der Waals surface area contributed by atoms with Crippen molar-refractivity contribution in [3.63, 3.8) is 0 Å². The highest BCUT2D eigenvalue weighted by molar-refractivity contribution is 5.81. The first-order chi connectivity index (χ1) is 8.45. The first-order valence-corrected chi connectivity index (χ1v) is 7.51. The number of carbonyl (C=O) groups is 1. The molecule has 3 nitrogen and oxygen atoms in total. The van der Waals surface area contributed by atoms with Crippen molar-refractivity contribution in [3.05, 3.63) is 0 Å². The van der Waals surface area contributed by atoms with E-state index in [0.29, 0.717) is 23.8 Å². The molecule has 3 heteroatoms. The topological polar surface area (TPSA) is 55.1 Å². The fraction of sp³-hybridized carbons (Fsp3) is 0.933. The van der Waals surface area contributed by atoms with Gasteiger partial charge in [0.2, 0.25) is 5.91 Å². The summed E-state index contributed by atoms with van der Waals surface area (Å²) in [6.07, 6.45) is 5.36. The molecule has 0 heterocycles. The Morgan fingerprint density at radius 1 is 1.39 bits per heavy atom. The van der Waals surface area contributed by atoms with Gasteiger partial charge in [0.15, 0.2) is 0 Å². The monoisotopic (exact) mass is 254 g/mol. The van der Waals surface area contributed by atoms with E-state index in [2.05, 4.69) is 33.0 Å². The number of nitrogens with one attached hydrogen (secondary N) is 1. The van der Waals surface area contributed by atoms with Crippen molar-refractivity contribution >= 4 is 5.91 Å². The molecular formula is C15H30N2O. The summed E-state index contributed by atoms with van der Waals surface area (Å²) < 4.78 is 0. The summed E-state index contributed by atoms with van der Waals surface area (Å²) in [6.45, 7) is 8.85. The number of hydrogen-bond acceptors (Lipinski definition) is 2. The minimum absolute atomic E-state index is 0.0431. The van der Waals surface area contributed by atoms with Crippen LogP contribution in [0.4, 0.5) is 0 Å². The van der Waals surface area contributed by atoms with Crippen molar-refractivity contribution in [2.45, 2.75) is 71.9 Å². The van der Waals surface area contributed by atoms with Gasteiger partial charge in [0.25, 0.3) is 0 Å². The molecule has 3 N–H and O–H groups in total. The molecule has 0 saturated heterocycles. The zero-order valence-electron chi connectivity index (χ0n) is 12.4. The van der Waals surface area contributed by atoms with Gasteiger partial charge in [-0.2, -0.15) is 0 Å². The van der Waals surface area contributed by atoms with Crippen molar-refractivity contribution in [2.75, 3.05) is 0 Å². The Balaban J connectivity index is 2.57. The van der Waals surface area contributed by atoms with E-state index in [9.17, 15) is 4.79 Å². The minimum atomic E-state index is -0.333. The van der Waals surface area contributed by atoms with Gasteiger partial charge in [-0.25, -0.2) is 0 Å². The van der Waals surface area contributed by atoms with Gasteiger partial charge in [0.05, 0.1) is 6.04 Å². The number of carbonyl (C=O) groups excluding carboxylic acids is 1. The summed E-state index contributed by atoms with van der Waals surface area (Å²) in [6, 6.07) is -0.01000. The fourth-order valence-electron chi connectivity index (χ4n) is 3.10. The van der Waals surface area contributed by atoms with Gasteiger partial charge in [-0.05, 0) is 37.0 Å². The largest absolute Gasteiger partial charge is 0.352 e. The highest BCUT2D eigenvalue weighted by Gasteiger charge is 2.32. The normalized spacial score (nSPS) is 30.2. The molecule has 1 rings (SSSR count). The highest BCUT2D eigenvalue weighted by Crippen LogP contribution is 2.33. The first-order valence-electron chi connectivity index (χ1n) is 7.51.